The lowest BCUT2D eigenvalue weighted by Gasteiger charge is -2.24. The molecule has 0 radical (unpaired) electrons. The molecule has 2 aromatic heterocycles. The van der Waals surface area contributed by atoms with Crippen molar-refractivity contribution >= 4 is 17.2 Å². The van der Waals surface area contributed by atoms with E-state index >= 15 is 0 Å². The molecule has 0 atom stereocenters. The predicted octanol–water partition coefficient (Wildman–Crippen LogP) is 3.29. The summed E-state index contributed by atoms with van der Waals surface area (Å²) in [6, 6.07) is 2.28. The molecule has 2 aromatic rings. The fourth-order valence-electron chi connectivity index (χ4n) is 4.40. The molecule has 4 rings (SSSR count). The molecule has 6 heteroatoms. The zero-order valence-corrected chi connectivity index (χ0v) is 15.0. The van der Waals surface area contributed by atoms with Crippen molar-refractivity contribution in [1.29, 1.82) is 0 Å². The van der Waals surface area contributed by atoms with Crippen molar-refractivity contribution in [1.82, 2.24) is 14.6 Å². The van der Waals surface area contributed by atoms with E-state index in [0.29, 0.717) is 17.8 Å². The Labute approximate surface area is 149 Å². The largest absolute Gasteiger partial charge is 0.382 e. The fourth-order valence-corrected chi connectivity index (χ4v) is 4.40. The van der Waals surface area contributed by atoms with Crippen molar-refractivity contribution in [3.8, 4) is 0 Å². The van der Waals surface area contributed by atoms with Crippen LogP contribution >= 0.6 is 0 Å². The molecule has 2 saturated carbocycles. The smallest absolute Gasteiger partial charge is 0.177 e. The highest BCUT2D eigenvalue weighted by atomic mass is 15.3. The van der Waals surface area contributed by atoms with Gasteiger partial charge in [-0.2, -0.15) is 0 Å². The van der Waals surface area contributed by atoms with Crippen LogP contribution in [-0.4, -0.2) is 27.2 Å². The van der Waals surface area contributed by atoms with Gasteiger partial charge < -0.3 is 16.8 Å². The molecule has 2 heterocycles. The minimum Gasteiger partial charge on any atom is -0.382 e. The zero-order valence-electron chi connectivity index (χ0n) is 15.0. The van der Waals surface area contributed by atoms with Crippen molar-refractivity contribution in [3.63, 3.8) is 0 Å². The number of hydrogen-bond acceptors (Lipinski definition) is 5. The first kappa shape index (κ1) is 16.6. The van der Waals surface area contributed by atoms with E-state index in [1.54, 1.807) is 0 Å². The Morgan fingerprint density at radius 1 is 1.08 bits per heavy atom. The Morgan fingerprint density at radius 2 is 1.84 bits per heavy atom. The quantitative estimate of drug-likeness (QED) is 0.792. The van der Waals surface area contributed by atoms with Gasteiger partial charge >= 0.3 is 0 Å². The number of aromatic nitrogens is 3. The van der Waals surface area contributed by atoms with E-state index < -0.39 is 0 Å². The first-order valence-electron chi connectivity index (χ1n) is 9.84. The van der Waals surface area contributed by atoms with E-state index in [4.69, 9.17) is 16.5 Å². The third-order valence-electron chi connectivity index (χ3n) is 5.96. The number of rotatable bonds is 4. The molecule has 0 unspecified atom stereocenters. The molecule has 0 spiro atoms. The number of nitrogens with one attached hydrogen (secondary N) is 1. The number of nitrogens with two attached hydrogens (primary N) is 2. The van der Waals surface area contributed by atoms with Crippen LogP contribution in [0.3, 0.4) is 0 Å². The van der Waals surface area contributed by atoms with Crippen molar-refractivity contribution in [3.05, 3.63) is 18.0 Å². The molecular weight excluding hydrogens is 312 g/mol. The van der Waals surface area contributed by atoms with Crippen molar-refractivity contribution in [2.45, 2.75) is 69.7 Å². The number of hydrogen-bond donors (Lipinski definition) is 3. The molecule has 0 aromatic carbocycles. The van der Waals surface area contributed by atoms with E-state index in [0.717, 1.165) is 55.2 Å². The molecular formula is C19H30N6. The fraction of sp³-hybridized carbons (Fsp3) is 0.684. The van der Waals surface area contributed by atoms with Crippen LogP contribution in [0.5, 0.6) is 0 Å². The van der Waals surface area contributed by atoms with Crippen LogP contribution in [-0.2, 0) is 0 Å². The second-order valence-corrected chi connectivity index (χ2v) is 7.91. The molecule has 0 bridgehead atoms. The molecule has 25 heavy (non-hydrogen) atoms. The summed E-state index contributed by atoms with van der Waals surface area (Å²) in [7, 11) is 0. The van der Waals surface area contributed by atoms with Crippen LogP contribution < -0.4 is 16.8 Å². The van der Waals surface area contributed by atoms with E-state index in [1.807, 2.05) is 10.6 Å². The summed E-state index contributed by atoms with van der Waals surface area (Å²) in [4.78, 5) is 4.91. The summed E-state index contributed by atoms with van der Waals surface area (Å²) >= 11 is 0. The third kappa shape index (κ3) is 3.73. The molecule has 0 amide bonds. The van der Waals surface area contributed by atoms with E-state index in [1.165, 1.54) is 32.1 Å². The Kier molecular flexibility index (Phi) is 4.79. The molecule has 0 saturated heterocycles. The van der Waals surface area contributed by atoms with E-state index in [-0.39, 0.29) is 0 Å². The Balaban J connectivity index is 1.54. The van der Waals surface area contributed by atoms with Gasteiger partial charge in [0, 0.05) is 24.6 Å². The number of imidazole rings is 1. The number of nitrogens with zero attached hydrogens (tertiary/aromatic N) is 3. The highest BCUT2D eigenvalue weighted by Crippen LogP contribution is 2.33. The lowest BCUT2D eigenvalue weighted by molar-refractivity contribution is 0.373. The van der Waals surface area contributed by atoms with Gasteiger partial charge in [0.15, 0.2) is 5.65 Å². The maximum Gasteiger partial charge on any atom is 0.177 e. The van der Waals surface area contributed by atoms with Gasteiger partial charge in [-0.3, -0.25) is 0 Å². The first-order valence-corrected chi connectivity index (χ1v) is 9.84. The van der Waals surface area contributed by atoms with Crippen LogP contribution in [0.15, 0.2) is 12.3 Å². The minimum atomic E-state index is 0.356. The highest BCUT2D eigenvalue weighted by molar-refractivity contribution is 5.70. The van der Waals surface area contributed by atoms with Gasteiger partial charge in [0.1, 0.15) is 5.82 Å². The van der Waals surface area contributed by atoms with Crippen molar-refractivity contribution < 1.29 is 0 Å². The standard InChI is InChI=1S/C19H30N6/c20-15-8-6-14(7-9-15)17-12-25-19(23-17)16(10-18(21)24-25)22-11-13-4-2-1-3-5-13/h10,12-15,22H,1-9,11,20H2,(H2,21,24)/t14-,15-. The first-order chi connectivity index (χ1) is 12.2. The molecule has 0 aliphatic heterocycles. The summed E-state index contributed by atoms with van der Waals surface area (Å²) < 4.78 is 1.85. The van der Waals surface area contributed by atoms with Gasteiger partial charge in [-0.15, -0.1) is 5.10 Å². The summed E-state index contributed by atoms with van der Waals surface area (Å²) in [5.41, 5.74) is 15.1. The van der Waals surface area contributed by atoms with Gasteiger partial charge in [0.2, 0.25) is 0 Å². The SMILES string of the molecule is Nc1cc(NCC2CCCCC2)c2nc([C@H]3CC[C@H](N)CC3)cn2n1. The monoisotopic (exact) mass is 342 g/mol. The van der Waals surface area contributed by atoms with E-state index in [2.05, 4.69) is 16.6 Å². The highest BCUT2D eigenvalue weighted by Gasteiger charge is 2.23. The Morgan fingerprint density at radius 3 is 2.60 bits per heavy atom. The van der Waals surface area contributed by atoms with Gasteiger partial charge in [-0.1, -0.05) is 19.3 Å². The molecule has 5 N–H and O–H groups in total. The lowest BCUT2D eigenvalue weighted by atomic mass is 9.85. The third-order valence-corrected chi connectivity index (χ3v) is 5.96. The normalized spacial score (nSPS) is 25.3. The maximum atomic E-state index is 6.04. The van der Waals surface area contributed by atoms with Crippen LogP contribution in [0.1, 0.15) is 69.4 Å². The van der Waals surface area contributed by atoms with Gasteiger partial charge in [0.25, 0.3) is 0 Å². The van der Waals surface area contributed by atoms with Gasteiger partial charge in [0.05, 0.1) is 17.6 Å². The lowest BCUT2D eigenvalue weighted by Crippen LogP contribution is -2.25. The predicted molar refractivity (Wildman–Crippen MR) is 102 cm³/mol. The average Bonchev–Trinajstić information content (AvgIpc) is 3.05. The Hall–Kier alpha value is -1.82. The molecule has 2 aliphatic carbocycles. The number of anilines is 2. The summed E-state index contributed by atoms with van der Waals surface area (Å²) in [6.45, 7) is 1.000. The summed E-state index contributed by atoms with van der Waals surface area (Å²) in [6.07, 6.45) is 13.2. The van der Waals surface area contributed by atoms with Gasteiger partial charge in [-0.05, 0) is 44.4 Å². The minimum absolute atomic E-state index is 0.356. The average molecular weight is 342 g/mol. The second kappa shape index (κ2) is 7.20. The topological polar surface area (TPSA) is 94.3 Å². The van der Waals surface area contributed by atoms with E-state index in [9.17, 15) is 0 Å². The second-order valence-electron chi connectivity index (χ2n) is 7.91. The molecule has 2 fully saturated rings. The number of nitrogen functional groups attached to an aromatic ring is 1. The van der Waals surface area contributed by atoms with Crippen molar-refractivity contribution in [2.75, 3.05) is 17.6 Å². The molecule has 136 valence electrons. The Bertz CT molecular complexity index is 710. The number of fused-ring (bicyclic) bond motifs is 1. The van der Waals surface area contributed by atoms with Crippen molar-refractivity contribution in [2.24, 2.45) is 11.7 Å². The van der Waals surface area contributed by atoms with Crippen LogP contribution in [0.2, 0.25) is 0 Å². The summed E-state index contributed by atoms with van der Waals surface area (Å²) in [5, 5.41) is 8.03. The molecule has 6 nitrogen and oxygen atoms in total. The molecule has 2 aliphatic rings. The van der Waals surface area contributed by atoms with Crippen LogP contribution in [0.4, 0.5) is 11.5 Å². The summed E-state index contributed by atoms with van der Waals surface area (Å²) in [5.74, 6) is 1.79. The zero-order chi connectivity index (χ0) is 17.2. The maximum absolute atomic E-state index is 6.04. The van der Waals surface area contributed by atoms with Gasteiger partial charge in [-0.25, -0.2) is 9.50 Å². The van der Waals surface area contributed by atoms with Crippen LogP contribution in [0.25, 0.3) is 5.65 Å². The van der Waals surface area contributed by atoms with Crippen LogP contribution in [0, 0.1) is 5.92 Å².